The van der Waals surface area contributed by atoms with Gasteiger partial charge in [0.2, 0.25) is 5.79 Å². The highest BCUT2D eigenvalue weighted by molar-refractivity contribution is 6.21. The van der Waals surface area contributed by atoms with Gasteiger partial charge >= 0.3 is 6.09 Å². The number of carbonyl (C=O) groups excluding carboxylic acids is 3. The molecule has 0 spiro atoms. The zero-order chi connectivity index (χ0) is 31.5. The number of piperazine rings is 1. The molecular formula is C33H34FN5O6. The second-order valence-corrected chi connectivity index (χ2v) is 12.2. The Morgan fingerprint density at radius 1 is 1.00 bits per heavy atom. The van der Waals surface area contributed by atoms with Crippen molar-refractivity contribution in [3.8, 4) is 5.75 Å². The van der Waals surface area contributed by atoms with E-state index in [1.54, 1.807) is 36.4 Å². The van der Waals surface area contributed by atoms with E-state index in [-0.39, 0.29) is 13.1 Å². The fraction of sp³-hybridized carbons (Fsp3) is 0.394. The van der Waals surface area contributed by atoms with Gasteiger partial charge in [-0.3, -0.25) is 29.3 Å². The van der Waals surface area contributed by atoms with Gasteiger partial charge in [-0.25, -0.2) is 9.18 Å². The minimum Gasteiger partial charge on any atom is -0.461 e. The lowest BCUT2D eigenvalue weighted by Gasteiger charge is -2.38. The molecule has 11 nitrogen and oxygen atoms in total. The Hall–Kier alpha value is -4.55. The van der Waals surface area contributed by atoms with Crippen molar-refractivity contribution in [1.82, 2.24) is 14.8 Å². The molecule has 7 rings (SSSR count). The zero-order valence-electron chi connectivity index (χ0n) is 25.4. The van der Waals surface area contributed by atoms with Crippen LogP contribution < -0.4 is 14.5 Å². The molecule has 1 aromatic heterocycles. The van der Waals surface area contributed by atoms with Crippen molar-refractivity contribution in [2.45, 2.75) is 45.8 Å². The van der Waals surface area contributed by atoms with E-state index in [2.05, 4.69) is 9.88 Å². The first-order chi connectivity index (χ1) is 21.6. The van der Waals surface area contributed by atoms with E-state index < -0.39 is 35.6 Å². The molecule has 4 aliphatic rings. The average Bonchev–Trinajstić information content (AvgIpc) is 3.51. The van der Waals surface area contributed by atoms with Gasteiger partial charge in [-0.05, 0) is 42.8 Å². The fourth-order valence-corrected chi connectivity index (χ4v) is 6.37. The van der Waals surface area contributed by atoms with Crippen molar-refractivity contribution in [3.05, 3.63) is 82.4 Å². The molecule has 4 aliphatic heterocycles. The molecule has 0 aliphatic carbocycles. The van der Waals surface area contributed by atoms with Crippen LogP contribution in [0, 0.1) is 12.7 Å². The molecule has 234 valence electrons. The van der Waals surface area contributed by atoms with E-state index >= 15 is 4.39 Å². The van der Waals surface area contributed by atoms with Crippen LogP contribution >= 0.6 is 0 Å². The summed E-state index contributed by atoms with van der Waals surface area (Å²) in [6.45, 7) is 9.62. The predicted octanol–water partition coefficient (Wildman–Crippen LogP) is 4.12. The van der Waals surface area contributed by atoms with Crippen LogP contribution in [0.5, 0.6) is 5.75 Å². The van der Waals surface area contributed by atoms with Crippen LogP contribution in [-0.4, -0.2) is 83.9 Å². The van der Waals surface area contributed by atoms with Gasteiger partial charge in [0.1, 0.15) is 17.7 Å². The first-order valence-corrected chi connectivity index (χ1v) is 15.1. The molecule has 2 saturated heterocycles. The minimum absolute atomic E-state index is 0.0705. The maximum absolute atomic E-state index is 15.5. The van der Waals surface area contributed by atoms with E-state index in [9.17, 15) is 14.4 Å². The number of fused-ring (bicyclic) bond motifs is 2. The van der Waals surface area contributed by atoms with Gasteiger partial charge in [-0.1, -0.05) is 12.1 Å². The molecule has 12 heteroatoms. The van der Waals surface area contributed by atoms with Gasteiger partial charge in [-0.2, -0.15) is 0 Å². The van der Waals surface area contributed by atoms with Gasteiger partial charge in [-0.15, -0.1) is 0 Å². The van der Waals surface area contributed by atoms with Crippen molar-refractivity contribution >= 4 is 29.3 Å². The molecule has 3 amide bonds. The zero-order valence-corrected chi connectivity index (χ0v) is 25.4. The Morgan fingerprint density at radius 3 is 2.40 bits per heavy atom. The number of amides is 3. The van der Waals surface area contributed by atoms with Crippen LogP contribution in [0.25, 0.3) is 0 Å². The summed E-state index contributed by atoms with van der Waals surface area (Å²) in [5.41, 5.74) is 4.42. The van der Waals surface area contributed by atoms with Crippen LogP contribution in [0.2, 0.25) is 0 Å². The number of imide groups is 1. The number of benzene rings is 2. The van der Waals surface area contributed by atoms with Crippen LogP contribution in [-0.2, 0) is 22.6 Å². The lowest BCUT2D eigenvalue weighted by Crippen LogP contribution is -2.46. The lowest BCUT2D eigenvalue weighted by molar-refractivity contribution is -0.180. The number of pyridine rings is 1. The highest BCUT2D eigenvalue weighted by atomic mass is 19.1. The second-order valence-electron chi connectivity index (χ2n) is 12.2. The average molecular weight is 616 g/mol. The number of aryl methyl sites for hydroxylation is 1. The summed E-state index contributed by atoms with van der Waals surface area (Å²) in [5.74, 6) is -1.17. The van der Waals surface area contributed by atoms with E-state index in [4.69, 9.17) is 14.2 Å². The third-order valence-electron chi connectivity index (χ3n) is 8.80. The largest absolute Gasteiger partial charge is 0.461 e. The van der Waals surface area contributed by atoms with Gasteiger partial charge in [0.15, 0.2) is 0 Å². The van der Waals surface area contributed by atoms with E-state index in [1.807, 2.05) is 31.9 Å². The Kier molecular flexibility index (Phi) is 7.20. The number of anilines is 2. The summed E-state index contributed by atoms with van der Waals surface area (Å²) >= 11 is 0. The fourth-order valence-electron chi connectivity index (χ4n) is 6.37. The maximum atomic E-state index is 15.5. The minimum atomic E-state index is -0.727. The number of hydrogen-bond donors (Lipinski definition) is 0. The standard InChI is InChI=1S/C33H34FN5O6/c1-20-29-26(19-43-33(2,3)45-29)21(15-35-20)16-36-10-12-37(13-11-36)28-9-8-22(14-27(28)34)38-17-23(44-32(38)42)18-39-30(40)24-6-4-5-7-25(24)31(39)41/h4-9,14-15,23H,10-13,16-19H2,1-3H3/t23-/m1/s1. The summed E-state index contributed by atoms with van der Waals surface area (Å²) < 4.78 is 32.9. The maximum Gasteiger partial charge on any atom is 0.414 e. The molecule has 0 unspecified atom stereocenters. The molecule has 0 radical (unpaired) electrons. The summed E-state index contributed by atoms with van der Waals surface area (Å²) in [5, 5.41) is 0. The number of carbonyl (C=O) groups is 3. The Bertz CT molecular complexity index is 1670. The first-order valence-electron chi connectivity index (χ1n) is 15.1. The van der Waals surface area contributed by atoms with Crippen LogP contribution in [0.15, 0.2) is 48.7 Å². The van der Waals surface area contributed by atoms with Crippen molar-refractivity contribution in [1.29, 1.82) is 0 Å². The predicted molar refractivity (Wildman–Crippen MR) is 162 cm³/mol. The number of hydrogen-bond acceptors (Lipinski definition) is 9. The molecule has 0 saturated carbocycles. The van der Waals surface area contributed by atoms with Gasteiger partial charge in [0, 0.05) is 58.3 Å². The van der Waals surface area contributed by atoms with Crippen LogP contribution in [0.1, 0.15) is 51.4 Å². The Balaban J connectivity index is 0.967. The SMILES string of the molecule is Cc1ncc(CN2CCN(c3ccc(N4C[C@H](CN5C(=O)c6ccccc6C5=O)OC4=O)cc3F)CC2)c2c1OC(C)(C)OC2. The van der Waals surface area contributed by atoms with E-state index in [0.717, 1.165) is 40.6 Å². The third-order valence-corrected chi connectivity index (χ3v) is 8.80. The number of nitrogens with zero attached hydrogens (tertiary/aromatic N) is 5. The third kappa shape index (κ3) is 5.38. The van der Waals surface area contributed by atoms with Crippen LogP contribution in [0.4, 0.5) is 20.6 Å². The monoisotopic (exact) mass is 615 g/mol. The van der Waals surface area contributed by atoms with Gasteiger partial charge in [0.25, 0.3) is 11.8 Å². The van der Waals surface area contributed by atoms with Crippen LogP contribution in [0.3, 0.4) is 0 Å². The molecule has 0 N–H and O–H groups in total. The summed E-state index contributed by atoms with van der Waals surface area (Å²) in [6.07, 6.45) is 0.511. The molecule has 3 aromatic rings. The highest BCUT2D eigenvalue weighted by Gasteiger charge is 2.41. The van der Waals surface area contributed by atoms with Crippen molar-refractivity contribution < 1.29 is 33.0 Å². The quantitative estimate of drug-likeness (QED) is 0.379. The molecule has 0 bridgehead atoms. The number of cyclic esters (lactones) is 1. The molecule has 2 fully saturated rings. The number of halogens is 1. The number of ether oxygens (including phenoxy) is 3. The second kappa shape index (κ2) is 11.1. The van der Waals surface area contributed by atoms with Crippen molar-refractivity contribution in [3.63, 3.8) is 0 Å². The van der Waals surface area contributed by atoms with Gasteiger partial charge < -0.3 is 19.1 Å². The first kappa shape index (κ1) is 29.2. The normalized spacial score (nSPS) is 21.1. The molecule has 45 heavy (non-hydrogen) atoms. The highest BCUT2D eigenvalue weighted by Crippen LogP contribution is 2.36. The summed E-state index contributed by atoms with van der Waals surface area (Å²) in [6, 6.07) is 11.3. The number of rotatable bonds is 6. The van der Waals surface area contributed by atoms with Crippen molar-refractivity contribution in [2.75, 3.05) is 49.1 Å². The van der Waals surface area contributed by atoms with Gasteiger partial charge in [0.05, 0.1) is 47.9 Å². The summed E-state index contributed by atoms with van der Waals surface area (Å²) in [7, 11) is 0. The summed E-state index contributed by atoms with van der Waals surface area (Å²) in [4.78, 5) is 49.5. The molecule has 1 atom stereocenters. The molecule has 5 heterocycles. The lowest BCUT2D eigenvalue weighted by atomic mass is 10.1. The molecular weight excluding hydrogens is 581 g/mol. The number of aromatic nitrogens is 1. The topological polar surface area (TPSA) is 105 Å². The Labute approximate surface area is 260 Å². The van der Waals surface area contributed by atoms with E-state index in [1.165, 1.54) is 11.0 Å². The van der Waals surface area contributed by atoms with Crippen molar-refractivity contribution in [2.24, 2.45) is 0 Å². The smallest absolute Gasteiger partial charge is 0.414 e. The van der Waals surface area contributed by atoms with E-state index in [0.29, 0.717) is 48.7 Å². The molecule has 2 aromatic carbocycles. The Morgan fingerprint density at radius 2 is 1.71 bits per heavy atom.